The van der Waals surface area contributed by atoms with Gasteiger partial charge in [0.15, 0.2) is 0 Å². The van der Waals surface area contributed by atoms with Crippen molar-refractivity contribution in [1.82, 2.24) is 4.98 Å². The van der Waals surface area contributed by atoms with Gasteiger partial charge in [-0.25, -0.2) is 0 Å². The number of hydrogen-bond acceptors (Lipinski definition) is 2. The summed E-state index contributed by atoms with van der Waals surface area (Å²) in [6.45, 7) is 0. The Kier molecular flexibility index (Phi) is 2.21. The number of methoxy groups -OCH3 is 1. The minimum absolute atomic E-state index is 0.270. The predicted molar refractivity (Wildman–Crippen MR) is 38.4 cm³/mol. The zero-order chi connectivity index (χ0) is 7.56. The van der Waals surface area contributed by atoms with Crippen LogP contribution in [0, 0.1) is 5.95 Å². The van der Waals surface area contributed by atoms with E-state index in [-0.39, 0.29) is 5.88 Å². The molecule has 0 fully saturated rings. The molecule has 1 heterocycles. The maximum atomic E-state index is 12.4. The maximum absolute atomic E-state index is 12.4. The van der Waals surface area contributed by atoms with Gasteiger partial charge in [0.25, 0.3) is 0 Å². The maximum Gasteiger partial charge on any atom is 0.217 e. The lowest BCUT2D eigenvalue weighted by molar-refractivity contribution is 0.387. The minimum Gasteiger partial charge on any atom is -0.481 e. The van der Waals surface area contributed by atoms with Crippen LogP contribution in [0.2, 0.25) is 0 Å². The Labute approximate surface area is 66.2 Å². The fourth-order valence-corrected chi connectivity index (χ4v) is 0.933. The third-order valence-corrected chi connectivity index (χ3v) is 1.40. The van der Waals surface area contributed by atoms with Crippen molar-refractivity contribution in [2.45, 2.75) is 0 Å². The zero-order valence-electron chi connectivity index (χ0n) is 5.27. The molecule has 4 heteroatoms. The lowest BCUT2D eigenvalue weighted by Gasteiger charge is -1.97. The molecule has 0 spiro atoms. The van der Waals surface area contributed by atoms with Crippen LogP contribution < -0.4 is 4.74 Å². The van der Waals surface area contributed by atoms with Crippen molar-refractivity contribution < 1.29 is 9.13 Å². The Morgan fingerprint density at radius 2 is 2.30 bits per heavy atom. The van der Waals surface area contributed by atoms with Gasteiger partial charge in [0.2, 0.25) is 11.8 Å². The van der Waals surface area contributed by atoms with E-state index in [9.17, 15) is 4.39 Å². The topological polar surface area (TPSA) is 22.1 Å². The highest BCUT2D eigenvalue weighted by molar-refractivity contribution is 9.10. The van der Waals surface area contributed by atoms with Crippen LogP contribution in [0.5, 0.6) is 5.88 Å². The summed E-state index contributed by atoms with van der Waals surface area (Å²) in [4.78, 5) is 3.43. The van der Waals surface area contributed by atoms with Crippen molar-refractivity contribution in [1.29, 1.82) is 0 Å². The standard InChI is InChI=1S/C6H5BrFNO/c1-10-6-3-4(7)2-5(8)9-6/h2-3H,1H3. The quantitative estimate of drug-likeness (QED) is 0.655. The third-order valence-electron chi connectivity index (χ3n) is 0.944. The summed E-state index contributed by atoms with van der Waals surface area (Å²) < 4.78 is 17.7. The third kappa shape index (κ3) is 1.67. The van der Waals surface area contributed by atoms with Gasteiger partial charge in [-0.15, -0.1) is 0 Å². The number of rotatable bonds is 1. The Balaban J connectivity index is 3.06. The first kappa shape index (κ1) is 7.47. The monoisotopic (exact) mass is 205 g/mol. The highest BCUT2D eigenvalue weighted by atomic mass is 79.9. The van der Waals surface area contributed by atoms with Gasteiger partial charge < -0.3 is 4.74 Å². The van der Waals surface area contributed by atoms with Crippen LogP contribution in [0.1, 0.15) is 0 Å². The molecule has 0 saturated heterocycles. The van der Waals surface area contributed by atoms with Crippen molar-refractivity contribution in [3.63, 3.8) is 0 Å². The van der Waals surface area contributed by atoms with Crippen molar-refractivity contribution in [2.24, 2.45) is 0 Å². The molecule has 0 saturated carbocycles. The van der Waals surface area contributed by atoms with Gasteiger partial charge in [0, 0.05) is 16.6 Å². The molecule has 0 aromatic carbocycles. The molecule has 0 radical (unpaired) electrons. The molecule has 0 aliphatic rings. The zero-order valence-corrected chi connectivity index (χ0v) is 6.85. The molecule has 0 N–H and O–H groups in total. The molecule has 0 bridgehead atoms. The van der Waals surface area contributed by atoms with E-state index in [4.69, 9.17) is 4.74 Å². The van der Waals surface area contributed by atoms with Crippen LogP contribution in [-0.4, -0.2) is 12.1 Å². The summed E-state index contributed by atoms with van der Waals surface area (Å²) >= 11 is 3.09. The fourth-order valence-electron chi connectivity index (χ4n) is 0.548. The molecule has 0 atom stereocenters. The first-order valence-electron chi connectivity index (χ1n) is 2.59. The summed E-state index contributed by atoms with van der Waals surface area (Å²) in [7, 11) is 1.44. The van der Waals surface area contributed by atoms with Gasteiger partial charge in [0.1, 0.15) is 0 Å². The van der Waals surface area contributed by atoms with Crippen molar-refractivity contribution in [2.75, 3.05) is 7.11 Å². The molecule has 0 aliphatic carbocycles. The molecule has 2 nitrogen and oxygen atoms in total. The molecule has 0 unspecified atom stereocenters. The summed E-state index contributed by atoms with van der Waals surface area (Å²) in [6.07, 6.45) is 0. The fraction of sp³-hybridized carbons (Fsp3) is 0.167. The van der Waals surface area contributed by atoms with E-state index < -0.39 is 5.95 Å². The van der Waals surface area contributed by atoms with E-state index in [1.165, 1.54) is 13.2 Å². The second kappa shape index (κ2) is 2.96. The van der Waals surface area contributed by atoms with Gasteiger partial charge in [-0.1, -0.05) is 15.9 Å². The van der Waals surface area contributed by atoms with Crippen LogP contribution in [0.4, 0.5) is 4.39 Å². The highest BCUT2D eigenvalue weighted by Crippen LogP contribution is 2.15. The van der Waals surface area contributed by atoms with Crippen molar-refractivity contribution in [3.8, 4) is 5.88 Å². The Morgan fingerprint density at radius 1 is 1.60 bits per heavy atom. The van der Waals surface area contributed by atoms with Crippen LogP contribution in [0.25, 0.3) is 0 Å². The van der Waals surface area contributed by atoms with E-state index >= 15 is 0 Å². The second-order valence-corrected chi connectivity index (χ2v) is 2.57. The van der Waals surface area contributed by atoms with Crippen molar-refractivity contribution >= 4 is 15.9 Å². The lowest BCUT2D eigenvalue weighted by Crippen LogP contribution is -1.89. The van der Waals surface area contributed by atoms with Gasteiger partial charge in [-0.2, -0.15) is 9.37 Å². The predicted octanol–water partition coefficient (Wildman–Crippen LogP) is 1.99. The number of pyridine rings is 1. The first-order valence-corrected chi connectivity index (χ1v) is 3.39. The number of halogens is 2. The Bertz CT molecular complexity index is 221. The summed E-state index contributed by atoms with van der Waals surface area (Å²) in [5.74, 6) is -0.280. The summed E-state index contributed by atoms with van der Waals surface area (Å²) in [5.41, 5.74) is 0. The smallest absolute Gasteiger partial charge is 0.217 e. The molecule has 0 aliphatic heterocycles. The molecular formula is C6H5BrFNO. The molecule has 10 heavy (non-hydrogen) atoms. The Hall–Kier alpha value is -0.640. The minimum atomic E-state index is -0.550. The van der Waals surface area contributed by atoms with Crippen LogP contribution in [0.15, 0.2) is 16.6 Å². The van der Waals surface area contributed by atoms with Gasteiger partial charge in [0.05, 0.1) is 7.11 Å². The Morgan fingerprint density at radius 3 is 2.80 bits per heavy atom. The molecule has 0 amide bonds. The molecule has 1 rings (SSSR count). The van der Waals surface area contributed by atoms with E-state index in [1.807, 2.05) is 0 Å². The average molecular weight is 206 g/mol. The lowest BCUT2D eigenvalue weighted by atomic mass is 10.5. The van der Waals surface area contributed by atoms with E-state index in [0.717, 1.165) is 0 Å². The van der Waals surface area contributed by atoms with Gasteiger partial charge in [-0.3, -0.25) is 0 Å². The van der Waals surface area contributed by atoms with Gasteiger partial charge >= 0.3 is 0 Å². The van der Waals surface area contributed by atoms with Crippen LogP contribution in [-0.2, 0) is 0 Å². The number of aromatic nitrogens is 1. The normalized spacial score (nSPS) is 9.50. The second-order valence-electron chi connectivity index (χ2n) is 1.65. The number of nitrogens with zero attached hydrogens (tertiary/aromatic N) is 1. The van der Waals surface area contributed by atoms with E-state index in [2.05, 4.69) is 20.9 Å². The number of ether oxygens (including phenoxy) is 1. The van der Waals surface area contributed by atoms with Crippen LogP contribution in [0.3, 0.4) is 0 Å². The van der Waals surface area contributed by atoms with Gasteiger partial charge in [-0.05, 0) is 0 Å². The first-order chi connectivity index (χ1) is 4.72. The van der Waals surface area contributed by atoms with Crippen LogP contribution >= 0.6 is 15.9 Å². The van der Waals surface area contributed by atoms with Crippen molar-refractivity contribution in [3.05, 3.63) is 22.6 Å². The van der Waals surface area contributed by atoms with E-state index in [1.54, 1.807) is 6.07 Å². The summed E-state index contributed by atoms with van der Waals surface area (Å²) in [6, 6.07) is 2.85. The number of hydrogen-bond donors (Lipinski definition) is 0. The SMILES string of the molecule is COc1cc(Br)cc(F)n1. The molecule has 1 aromatic rings. The average Bonchev–Trinajstić information content (AvgIpc) is 1.85. The molecule has 1 aromatic heterocycles. The molecular weight excluding hydrogens is 201 g/mol. The largest absolute Gasteiger partial charge is 0.481 e. The summed E-state index contributed by atoms with van der Waals surface area (Å²) in [5, 5.41) is 0. The highest BCUT2D eigenvalue weighted by Gasteiger charge is 1.98. The van der Waals surface area contributed by atoms with E-state index in [0.29, 0.717) is 4.47 Å². The molecule has 54 valence electrons.